The van der Waals surface area contributed by atoms with Gasteiger partial charge in [-0.1, -0.05) is 17.7 Å². The summed E-state index contributed by atoms with van der Waals surface area (Å²) in [4.78, 5) is 13.9. The van der Waals surface area contributed by atoms with Crippen molar-refractivity contribution in [2.24, 2.45) is 0 Å². The topological polar surface area (TPSA) is 75.7 Å². The Hall–Kier alpha value is -1.60. The maximum atomic E-state index is 12.4. The number of aryl methyl sites for hydroxylation is 1. The largest absolute Gasteiger partial charge is 0.444 e. The van der Waals surface area contributed by atoms with Crippen molar-refractivity contribution in [3.05, 3.63) is 29.8 Å². The van der Waals surface area contributed by atoms with Crippen LogP contribution in [0.25, 0.3) is 0 Å². The molecule has 1 fully saturated rings. The average molecular weight is 354 g/mol. The molecule has 0 saturated carbocycles. The smallest absolute Gasteiger partial charge is 0.410 e. The van der Waals surface area contributed by atoms with Crippen molar-refractivity contribution in [1.82, 2.24) is 9.62 Å². The van der Waals surface area contributed by atoms with Gasteiger partial charge in [0.25, 0.3) is 0 Å². The van der Waals surface area contributed by atoms with Gasteiger partial charge in [-0.05, 0) is 52.7 Å². The fourth-order valence-electron chi connectivity index (χ4n) is 2.51. The lowest BCUT2D eigenvalue weighted by molar-refractivity contribution is 0.0203. The minimum absolute atomic E-state index is 0.171. The molecule has 1 N–H and O–H groups in total. The van der Waals surface area contributed by atoms with Crippen LogP contribution in [0.2, 0.25) is 0 Å². The fourth-order valence-corrected chi connectivity index (χ4v) is 3.82. The molecule has 1 heterocycles. The molecule has 1 amide bonds. The summed E-state index contributed by atoms with van der Waals surface area (Å²) in [5.74, 6) is 0. The van der Waals surface area contributed by atoms with Crippen LogP contribution in [-0.2, 0) is 14.8 Å². The standard InChI is InChI=1S/C17H26N2O4S/c1-13-5-7-15(8-6-13)24(21,22)18-14-9-11-19(12-10-14)16(20)23-17(2,3)4/h5-8,14,18H,9-12H2,1-4H3. The highest BCUT2D eigenvalue weighted by atomic mass is 32.2. The number of carbonyl (C=O) groups is 1. The van der Waals surface area contributed by atoms with Crippen LogP contribution in [0.1, 0.15) is 39.2 Å². The third-order valence-corrected chi connectivity index (χ3v) is 5.34. The number of piperidine rings is 1. The highest BCUT2D eigenvalue weighted by Crippen LogP contribution is 2.18. The predicted octanol–water partition coefficient (Wildman–Crippen LogP) is 2.67. The number of hydrogen-bond acceptors (Lipinski definition) is 4. The lowest BCUT2D eigenvalue weighted by Gasteiger charge is -2.33. The molecule has 1 aliphatic heterocycles. The minimum Gasteiger partial charge on any atom is -0.444 e. The second-order valence-electron chi connectivity index (χ2n) is 7.18. The van der Waals surface area contributed by atoms with Crippen molar-refractivity contribution in [2.75, 3.05) is 13.1 Å². The lowest BCUT2D eigenvalue weighted by atomic mass is 10.1. The number of nitrogens with one attached hydrogen (secondary N) is 1. The van der Waals surface area contributed by atoms with E-state index in [1.54, 1.807) is 29.2 Å². The number of nitrogens with zero attached hydrogens (tertiary/aromatic N) is 1. The van der Waals surface area contributed by atoms with Gasteiger partial charge in [0.1, 0.15) is 5.60 Å². The quantitative estimate of drug-likeness (QED) is 0.905. The maximum Gasteiger partial charge on any atom is 0.410 e. The van der Waals surface area contributed by atoms with Gasteiger partial charge in [0.15, 0.2) is 0 Å². The van der Waals surface area contributed by atoms with E-state index >= 15 is 0 Å². The second-order valence-corrected chi connectivity index (χ2v) is 8.89. The Labute approximate surface area is 144 Å². The first kappa shape index (κ1) is 18.7. The number of likely N-dealkylation sites (tertiary alicyclic amines) is 1. The van der Waals surface area contributed by atoms with E-state index in [9.17, 15) is 13.2 Å². The summed E-state index contributed by atoms with van der Waals surface area (Å²) in [6.45, 7) is 8.36. The van der Waals surface area contributed by atoms with E-state index in [1.165, 1.54) is 0 Å². The highest BCUT2D eigenvalue weighted by molar-refractivity contribution is 7.89. The number of hydrogen-bond donors (Lipinski definition) is 1. The Morgan fingerprint density at radius 3 is 2.21 bits per heavy atom. The molecule has 1 aliphatic rings. The average Bonchev–Trinajstić information content (AvgIpc) is 2.46. The molecular weight excluding hydrogens is 328 g/mol. The van der Waals surface area contributed by atoms with Gasteiger partial charge in [-0.3, -0.25) is 0 Å². The van der Waals surface area contributed by atoms with Crippen LogP contribution in [0.15, 0.2) is 29.2 Å². The van der Waals surface area contributed by atoms with Gasteiger partial charge in [-0.2, -0.15) is 0 Å². The molecular formula is C17H26N2O4S. The van der Waals surface area contributed by atoms with E-state index in [1.807, 2.05) is 27.7 Å². The number of carbonyl (C=O) groups excluding carboxylic acids is 1. The Kier molecular flexibility index (Phi) is 5.55. The van der Waals surface area contributed by atoms with Gasteiger partial charge in [0.2, 0.25) is 10.0 Å². The van der Waals surface area contributed by atoms with Gasteiger partial charge in [-0.25, -0.2) is 17.9 Å². The summed E-state index contributed by atoms with van der Waals surface area (Å²) in [6, 6.07) is 6.59. The van der Waals surface area contributed by atoms with Gasteiger partial charge in [0, 0.05) is 19.1 Å². The first-order valence-electron chi connectivity index (χ1n) is 8.14. The van der Waals surface area contributed by atoms with Crippen molar-refractivity contribution in [3.8, 4) is 0 Å². The maximum absolute atomic E-state index is 12.4. The van der Waals surface area contributed by atoms with Crippen molar-refractivity contribution < 1.29 is 17.9 Å². The van der Waals surface area contributed by atoms with E-state index < -0.39 is 15.6 Å². The third kappa shape index (κ3) is 5.21. The zero-order chi connectivity index (χ0) is 18.0. The van der Waals surface area contributed by atoms with Gasteiger partial charge >= 0.3 is 6.09 Å². The second kappa shape index (κ2) is 7.11. The number of sulfonamides is 1. The van der Waals surface area contributed by atoms with E-state index in [4.69, 9.17) is 4.74 Å². The molecule has 6 nitrogen and oxygen atoms in total. The molecule has 2 rings (SSSR count). The molecule has 0 spiro atoms. The molecule has 0 aromatic heterocycles. The van der Waals surface area contributed by atoms with E-state index in [-0.39, 0.29) is 17.0 Å². The molecule has 0 bridgehead atoms. The number of rotatable bonds is 3. The highest BCUT2D eigenvalue weighted by Gasteiger charge is 2.29. The van der Waals surface area contributed by atoms with Crippen LogP contribution in [0.4, 0.5) is 4.79 Å². The van der Waals surface area contributed by atoms with E-state index in [0.717, 1.165) is 5.56 Å². The summed E-state index contributed by atoms with van der Waals surface area (Å²) in [5, 5.41) is 0. The van der Waals surface area contributed by atoms with E-state index in [2.05, 4.69) is 4.72 Å². The Morgan fingerprint density at radius 2 is 1.71 bits per heavy atom. The van der Waals surface area contributed by atoms with Crippen molar-refractivity contribution >= 4 is 16.1 Å². The molecule has 1 saturated heterocycles. The summed E-state index contributed by atoms with van der Waals surface area (Å²) in [5.41, 5.74) is 0.487. The molecule has 0 atom stereocenters. The Bertz CT molecular complexity index is 670. The first-order valence-corrected chi connectivity index (χ1v) is 9.62. The Morgan fingerprint density at radius 1 is 1.17 bits per heavy atom. The van der Waals surface area contributed by atoms with Crippen molar-refractivity contribution in [3.63, 3.8) is 0 Å². The normalized spacial score (nSPS) is 16.9. The number of benzene rings is 1. The molecule has 0 unspecified atom stereocenters. The number of amides is 1. The predicted molar refractivity (Wildman–Crippen MR) is 92.3 cm³/mol. The fraction of sp³-hybridized carbons (Fsp3) is 0.588. The number of ether oxygens (including phenoxy) is 1. The SMILES string of the molecule is Cc1ccc(S(=O)(=O)NC2CCN(C(=O)OC(C)(C)C)CC2)cc1. The van der Waals surface area contributed by atoms with Gasteiger partial charge < -0.3 is 9.64 Å². The molecule has 134 valence electrons. The molecule has 0 aliphatic carbocycles. The van der Waals surface area contributed by atoms with Crippen LogP contribution < -0.4 is 4.72 Å². The summed E-state index contributed by atoms with van der Waals surface area (Å²) in [7, 11) is -3.53. The minimum atomic E-state index is -3.53. The van der Waals surface area contributed by atoms with Crippen LogP contribution in [0.5, 0.6) is 0 Å². The molecule has 0 radical (unpaired) electrons. The first-order chi connectivity index (χ1) is 11.1. The van der Waals surface area contributed by atoms with Crippen LogP contribution in [-0.4, -0.2) is 44.1 Å². The van der Waals surface area contributed by atoms with Gasteiger partial charge in [-0.15, -0.1) is 0 Å². The van der Waals surface area contributed by atoms with Gasteiger partial charge in [0.05, 0.1) is 4.90 Å². The molecule has 7 heteroatoms. The van der Waals surface area contributed by atoms with E-state index in [0.29, 0.717) is 25.9 Å². The summed E-state index contributed by atoms with van der Waals surface area (Å²) in [6.07, 6.45) is 0.802. The molecule has 1 aromatic carbocycles. The van der Waals surface area contributed by atoms with Crippen molar-refractivity contribution in [2.45, 2.75) is 57.1 Å². The zero-order valence-electron chi connectivity index (χ0n) is 14.7. The third-order valence-electron chi connectivity index (χ3n) is 3.80. The lowest BCUT2D eigenvalue weighted by Crippen LogP contribution is -2.47. The monoisotopic (exact) mass is 354 g/mol. The molecule has 1 aromatic rings. The Balaban J connectivity index is 1.91. The summed E-state index contributed by atoms with van der Waals surface area (Å²) >= 11 is 0. The zero-order valence-corrected chi connectivity index (χ0v) is 15.5. The molecule has 24 heavy (non-hydrogen) atoms. The van der Waals surface area contributed by atoms with Crippen molar-refractivity contribution in [1.29, 1.82) is 0 Å². The van der Waals surface area contributed by atoms with Crippen LogP contribution in [0, 0.1) is 6.92 Å². The summed E-state index contributed by atoms with van der Waals surface area (Å²) < 4.78 is 32.9. The van der Waals surface area contributed by atoms with Crippen LogP contribution >= 0.6 is 0 Å². The van der Waals surface area contributed by atoms with Crippen LogP contribution in [0.3, 0.4) is 0 Å².